The molecule has 1 aliphatic rings. The highest BCUT2D eigenvalue weighted by atomic mass is 32.1. The average molecular weight is 508 g/mol. The third kappa shape index (κ3) is 4.72. The van der Waals surface area contributed by atoms with E-state index in [1.807, 2.05) is 6.92 Å². The third-order valence-corrected chi connectivity index (χ3v) is 6.61. The lowest BCUT2D eigenvalue weighted by molar-refractivity contribution is -0.132. The number of amides is 1. The molecule has 0 aliphatic carbocycles. The van der Waals surface area contributed by atoms with E-state index in [0.29, 0.717) is 29.2 Å². The summed E-state index contributed by atoms with van der Waals surface area (Å²) in [6.07, 6.45) is 3.89. The number of rotatable bonds is 8. The van der Waals surface area contributed by atoms with Gasteiger partial charge in [-0.05, 0) is 44.0 Å². The van der Waals surface area contributed by atoms with Gasteiger partial charge in [0, 0.05) is 18.0 Å². The molecule has 3 heterocycles. The van der Waals surface area contributed by atoms with Gasteiger partial charge in [-0.3, -0.25) is 19.5 Å². The van der Waals surface area contributed by atoms with Crippen LogP contribution < -0.4 is 9.64 Å². The summed E-state index contributed by atoms with van der Waals surface area (Å²) in [6, 6.07) is 9.08. The van der Waals surface area contributed by atoms with Crippen molar-refractivity contribution < 1.29 is 29.0 Å². The van der Waals surface area contributed by atoms with Gasteiger partial charge < -0.3 is 14.6 Å². The van der Waals surface area contributed by atoms with Gasteiger partial charge >= 0.3 is 11.9 Å². The number of anilines is 1. The number of hydrogen-bond acceptors (Lipinski definition) is 9. The van der Waals surface area contributed by atoms with Crippen LogP contribution in [0, 0.1) is 6.92 Å². The fourth-order valence-corrected chi connectivity index (χ4v) is 4.85. The van der Waals surface area contributed by atoms with Crippen molar-refractivity contribution in [1.29, 1.82) is 0 Å². The lowest BCUT2D eigenvalue weighted by Crippen LogP contribution is -2.29. The Labute approximate surface area is 212 Å². The predicted molar refractivity (Wildman–Crippen MR) is 134 cm³/mol. The molecule has 1 aromatic carbocycles. The summed E-state index contributed by atoms with van der Waals surface area (Å²) in [5, 5.41) is 11.4. The number of carbonyl (C=O) groups excluding carboxylic acids is 3. The van der Waals surface area contributed by atoms with Crippen molar-refractivity contribution in [2.75, 3.05) is 18.1 Å². The van der Waals surface area contributed by atoms with Gasteiger partial charge in [0.05, 0.1) is 30.5 Å². The molecule has 0 spiro atoms. The van der Waals surface area contributed by atoms with E-state index in [9.17, 15) is 19.5 Å². The zero-order chi connectivity index (χ0) is 25.8. The standard InChI is InChI=1S/C26H25N3O6S/c1-4-12-35-18-10-6-8-16(13-18)21(30)19-20(17-9-7-11-27-14-17)29(24(32)22(19)31)26-28-15(3)23(36-26)25(33)34-5-2/h6-11,13-14,20,30H,4-5,12H2,1-3H3/b21-19+. The minimum Gasteiger partial charge on any atom is -0.507 e. The smallest absolute Gasteiger partial charge is 0.350 e. The van der Waals surface area contributed by atoms with Crippen molar-refractivity contribution in [2.24, 2.45) is 0 Å². The first-order valence-electron chi connectivity index (χ1n) is 11.5. The average Bonchev–Trinajstić information content (AvgIpc) is 3.40. The van der Waals surface area contributed by atoms with Crippen molar-refractivity contribution in [2.45, 2.75) is 33.2 Å². The van der Waals surface area contributed by atoms with E-state index in [1.165, 1.54) is 11.1 Å². The summed E-state index contributed by atoms with van der Waals surface area (Å²) in [7, 11) is 0. The second-order valence-electron chi connectivity index (χ2n) is 7.96. The lowest BCUT2D eigenvalue weighted by atomic mass is 9.96. The highest BCUT2D eigenvalue weighted by Crippen LogP contribution is 2.43. The number of aryl methyl sites for hydroxylation is 1. The lowest BCUT2D eigenvalue weighted by Gasteiger charge is -2.22. The van der Waals surface area contributed by atoms with Crippen molar-refractivity contribution in [3.8, 4) is 5.75 Å². The second kappa shape index (κ2) is 10.7. The van der Waals surface area contributed by atoms with Crippen LogP contribution in [0.1, 0.15) is 52.8 Å². The molecule has 186 valence electrons. The Morgan fingerprint density at radius 1 is 1.19 bits per heavy atom. The van der Waals surface area contributed by atoms with E-state index in [4.69, 9.17) is 9.47 Å². The summed E-state index contributed by atoms with van der Waals surface area (Å²) in [5.41, 5.74) is 1.10. The number of thiazole rings is 1. The number of hydrogen-bond donors (Lipinski definition) is 1. The van der Waals surface area contributed by atoms with Crippen LogP contribution >= 0.6 is 11.3 Å². The molecule has 1 aliphatic heterocycles. The zero-order valence-corrected chi connectivity index (χ0v) is 20.9. The maximum absolute atomic E-state index is 13.3. The SMILES string of the molecule is CCCOc1cccc(/C(O)=C2\C(=O)C(=O)N(c3nc(C)c(C(=O)OCC)s3)C2c2cccnc2)c1. The Bertz CT molecular complexity index is 1330. The first-order valence-corrected chi connectivity index (χ1v) is 12.3. The van der Waals surface area contributed by atoms with Crippen LogP contribution in [-0.4, -0.2) is 45.9 Å². The first-order chi connectivity index (χ1) is 17.4. The van der Waals surface area contributed by atoms with Crippen LogP contribution in [0.3, 0.4) is 0 Å². The van der Waals surface area contributed by atoms with Crippen LogP contribution in [0.5, 0.6) is 5.75 Å². The molecule has 2 aromatic heterocycles. The molecule has 36 heavy (non-hydrogen) atoms. The van der Waals surface area contributed by atoms with Gasteiger partial charge in [0.15, 0.2) is 5.13 Å². The minimum absolute atomic E-state index is 0.105. The largest absolute Gasteiger partial charge is 0.507 e. The van der Waals surface area contributed by atoms with Crippen LogP contribution in [-0.2, 0) is 14.3 Å². The summed E-state index contributed by atoms with van der Waals surface area (Å²) in [6.45, 7) is 5.98. The second-order valence-corrected chi connectivity index (χ2v) is 8.94. The Morgan fingerprint density at radius 3 is 2.69 bits per heavy atom. The van der Waals surface area contributed by atoms with Gasteiger partial charge in [-0.2, -0.15) is 0 Å². The first kappa shape index (κ1) is 25.1. The van der Waals surface area contributed by atoms with E-state index >= 15 is 0 Å². The number of aliphatic hydroxyl groups excluding tert-OH is 1. The summed E-state index contributed by atoms with van der Waals surface area (Å²) < 4.78 is 10.7. The normalized spacial score (nSPS) is 16.9. The van der Waals surface area contributed by atoms with Crippen LogP contribution in [0.2, 0.25) is 0 Å². The van der Waals surface area contributed by atoms with Gasteiger partial charge in [0.2, 0.25) is 0 Å². The Kier molecular flexibility index (Phi) is 7.44. The van der Waals surface area contributed by atoms with Crippen molar-refractivity contribution >= 4 is 39.9 Å². The highest BCUT2D eigenvalue weighted by molar-refractivity contribution is 7.17. The molecular weight excluding hydrogens is 482 g/mol. The van der Waals surface area contributed by atoms with E-state index in [1.54, 1.807) is 56.4 Å². The molecule has 10 heteroatoms. The Balaban J connectivity index is 1.86. The molecule has 1 fully saturated rings. The van der Waals surface area contributed by atoms with Gasteiger partial charge in [-0.1, -0.05) is 36.5 Å². The van der Waals surface area contributed by atoms with E-state index in [2.05, 4.69) is 9.97 Å². The molecule has 1 amide bonds. The number of aromatic nitrogens is 2. The van der Waals surface area contributed by atoms with Gasteiger partial charge in [0.25, 0.3) is 5.78 Å². The number of pyridine rings is 1. The quantitative estimate of drug-likeness (QED) is 0.206. The van der Waals surface area contributed by atoms with Crippen LogP contribution in [0.15, 0.2) is 54.4 Å². The highest BCUT2D eigenvalue weighted by Gasteiger charge is 2.48. The molecule has 1 saturated heterocycles. The van der Waals surface area contributed by atoms with Gasteiger partial charge in [-0.15, -0.1) is 0 Å². The van der Waals surface area contributed by atoms with E-state index in [0.717, 1.165) is 17.8 Å². The van der Waals surface area contributed by atoms with Crippen molar-refractivity contribution in [1.82, 2.24) is 9.97 Å². The maximum atomic E-state index is 13.3. The number of nitrogens with zero attached hydrogens (tertiary/aromatic N) is 3. The summed E-state index contributed by atoms with van der Waals surface area (Å²) in [4.78, 5) is 48.9. The van der Waals surface area contributed by atoms with E-state index in [-0.39, 0.29) is 27.9 Å². The Morgan fingerprint density at radius 2 is 2.00 bits per heavy atom. The number of esters is 1. The predicted octanol–water partition coefficient (Wildman–Crippen LogP) is 4.44. The molecule has 4 rings (SSSR count). The molecule has 0 radical (unpaired) electrons. The number of ketones is 1. The molecule has 1 N–H and O–H groups in total. The Hall–Kier alpha value is -4.05. The molecule has 0 saturated carbocycles. The molecule has 0 bridgehead atoms. The monoisotopic (exact) mass is 507 g/mol. The fourth-order valence-electron chi connectivity index (χ4n) is 3.86. The van der Waals surface area contributed by atoms with Crippen molar-refractivity contribution in [3.63, 3.8) is 0 Å². The molecular formula is C26H25N3O6S. The van der Waals surface area contributed by atoms with Gasteiger partial charge in [0.1, 0.15) is 16.4 Å². The topological polar surface area (TPSA) is 119 Å². The maximum Gasteiger partial charge on any atom is 0.350 e. The molecule has 1 unspecified atom stereocenters. The van der Waals surface area contributed by atoms with Crippen molar-refractivity contribution in [3.05, 3.63) is 76.1 Å². The number of aliphatic hydroxyl groups is 1. The van der Waals surface area contributed by atoms with E-state index < -0.39 is 23.7 Å². The number of benzene rings is 1. The number of ether oxygens (including phenoxy) is 2. The third-order valence-electron chi connectivity index (χ3n) is 5.48. The summed E-state index contributed by atoms with van der Waals surface area (Å²) in [5.74, 6) is -2.11. The number of carbonyl (C=O) groups is 3. The number of Topliss-reactive ketones (excluding diaryl/α,β-unsaturated/α-hetero) is 1. The molecule has 3 aromatic rings. The minimum atomic E-state index is -1.00. The van der Waals surface area contributed by atoms with Gasteiger partial charge in [-0.25, -0.2) is 9.78 Å². The van der Waals surface area contributed by atoms with Crippen LogP contribution in [0.4, 0.5) is 5.13 Å². The molecule has 9 nitrogen and oxygen atoms in total. The molecule has 1 atom stereocenters. The van der Waals surface area contributed by atoms with Crippen LogP contribution in [0.25, 0.3) is 5.76 Å². The fraction of sp³-hybridized carbons (Fsp3) is 0.269. The summed E-state index contributed by atoms with van der Waals surface area (Å²) >= 11 is 0.953. The zero-order valence-electron chi connectivity index (χ0n) is 20.1.